The average Bonchev–Trinajstić information content (AvgIpc) is 2.92. The van der Waals surface area contributed by atoms with E-state index in [0.717, 1.165) is 52.6 Å². The highest BCUT2D eigenvalue weighted by Crippen LogP contribution is 2.46. The standard InChI is InChI=1S/C33H42FNO6/c1-18-22-8-7-11-40-30(22)26(34)14-24(18)28-20(3)25-17-35(16-21-9-12-39-13-10-21)27(36)15-23(25)19(2)29(28)31(32(37)38)41-33(4,5)6/h14,21,31H,7-13,15-17H2,1-6H3,(H,37,38)/t31-/m0/s1. The topological polar surface area (TPSA) is 85.3 Å². The molecule has 1 atom stereocenters. The van der Waals surface area contributed by atoms with E-state index in [1.54, 1.807) is 0 Å². The smallest absolute Gasteiger partial charge is 0.337 e. The van der Waals surface area contributed by atoms with Gasteiger partial charge in [-0.3, -0.25) is 4.79 Å². The lowest BCUT2D eigenvalue weighted by Gasteiger charge is -2.37. The van der Waals surface area contributed by atoms with Crippen LogP contribution in [-0.2, 0) is 38.4 Å². The molecule has 3 heterocycles. The molecule has 1 N–H and O–H groups in total. The fourth-order valence-corrected chi connectivity index (χ4v) is 6.74. The third-order valence-corrected chi connectivity index (χ3v) is 8.83. The van der Waals surface area contributed by atoms with Crippen LogP contribution in [0, 0.1) is 32.5 Å². The van der Waals surface area contributed by atoms with Crippen LogP contribution in [0.15, 0.2) is 6.07 Å². The molecule has 3 aliphatic heterocycles. The zero-order valence-electron chi connectivity index (χ0n) is 25.1. The SMILES string of the molecule is Cc1c(-c2c(C)c3c(c(C)c2[C@H](OC(C)(C)C)C(=O)O)CC(=O)N(CC2CCOCC2)C3)cc(F)c2c1CCCO2. The number of carboxylic acids is 1. The molecule has 1 fully saturated rings. The maximum atomic E-state index is 15.6. The zero-order chi connectivity index (χ0) is 29.6. The van der Waals surface area contributed by atoms with Crippen LogP contribution in [0.3, 0.4) is 0 Å². The molecule has 0 aliphatic carbocycles. The maximum absolute atomic E-state index is 15.6. The van der Waals surface area contributed by atoms with Gasteiger partial charge in [-0.1, -0.05) is 0 Å². The lowest BCUT2D eigenvalue weighted by Crippen LogP contribution is -2.41. The van der Waals surface area contributed by atoms with Gasteiger partial charge in [0.25, 0.3) is 0 Å². The summed E-state index contributed by atoms with van der Waals surface area (Å²) in [5, 5.41) is 10.5. The molecule has 0 bridgehead atoms. The zero-order valence-corrected chi connectivity index (χ0v) is 25.1. The highest BCUT2D eigenvalue weighted by atomic mass is 19.1. The van der Waals surface area contributed by atoms with Crippen molar-refractivity contribution in [3.05, 3.63) is 50.8 Å². The fraction of sp³-hybridized carbons (Fsp3) is 0.576. The Morgan fingerprint density at radius 2 is 1.80 bits per heavy atom. The van der Waals surface area contributed by atoms with E-state index in [2.05, 4.69) is 0 Å². The van der Waals surface area contributed by atoms with Crippen molar-refractivity contribution in [2.75, 3.05) is 26.4 Å². The molecule has 5 rings (SSSR count). The maximum Gasteiger partial charge on any atom is 0.337 e. The second kappa shape index (κ2) is 11.4. The molecular formula is C33H42FNO6. The van der Waals surface area contributed by atoms with E-state index in [4.69, 9.17) is 14.2 Å². The van der Waals surface area contributed by atoms with Gasteiger partial charge in [0.2, 0.25) is 5.91 Å². The number of benzene rings is 2. The van der Waals surface area contributed by atoms with Gasteiger partial charge in [-0.2, -0.15) is 0 Å². The fourth-order valence-electron chi connectivity index (χ4n) is 6.74. The van der Waals surface area contributed by atoms with Gasteiger partial charge in [-0.05, 0) is 118 Å². The van der Waals surface area contributed by atoms with Crippen LogP contribution in [0.4, 0.5) is 4.39 Å². The first kappa shape index (κ1) is 29.5. The predicted octanol–water partition coefficient (Wildman–Crippen LogP) is 6.00. The monoisotopic (exact) mass is 567 g/mol. The third kappa shape index (κ3) is 5.73. The number of carbonyl (C=O) groups is 2. The van der Waals surface area contributed by atoms with E-state index in [9.17, 15) is 14.7 Å². The van der Waals surface area contributed by atoms with Crippen molar-refractivity contribution in [2.45, 2.75) is 91.9 Å². The number of aliphatic carboxylic acids is 1. The first-order chi connectivity index (χ1) is 19.4. The molecule has 0 unspecified atom stereocenters. The Balaban J connectivity index is 1.72. The molecule has 222 valence electrons. The molecule has 2 aromatic carbocycles. The van der Waals surface area contributed by atoms with E-state index in [-0.39, 0.29) is 12.3 Å². The quantitative estimate of drug-likeness (QED) is 0.461. The molecule has 1 amide bonds. The summed E-state index contributed by atoms with van der Waals surface area (Å²) >= 11 is 0. The minimum absolute atomic E-state index is 0.0435. The van der Waals surface area contributed by atoms with Gasteiger partial charge in [-0.25, -0.2) is 9.18 Å². The number of carboxylic acid groups (broad SMARTS) is 1. The van der Waals surface area contributed by atoms with Crippen molar-refractivity contribution in [2.24, 2.45) is 5.92 Å². The minimum Gasteiger partial charge on any atom is -0.490 e. The van der Waals surface area contributed by atoms with Crippen LogP contribution in [0.2, 0.25) is 0 Å². The van der Waals surface area contributed by atoms with Crippen LogP contribution in [0.25, 0.3) is 11.1 Å². The van der Waals surface area contributed by atoms with E-state index in [1.165, 1.54) is 6.07 Å². The van der Waals surface area contributed by atoms with Crippen LogP contribution in [0.1, 0.15) is 85.1 Å². The van der Waals surface area contributed by atoms with Crippen molar-refractivity contribution in [1.29, 1.82) is 0 Å². The molecule has 8 heteroatoms. The number of halogens is 1. The number of nitrogens with zero attached hydrogens (tertiary/aromatic N) is 1. The Hall–Kier alpha value is -2.97. The summed E-state index contributed by atoms with van der Waals surface area (Å²) in [6.07, 6.45) is 2.25. The molecule has 0 radical (unpaired) electrons. The van der Waals surface area contributed by atoms with Crippen molar-refractivity contribution >= 4 is 11.9 Å². The van der Waals surface area contributed by atoms with E-state index >= 15 is 4.39 Å². The number of ether oxygens (including phenoxy) is 3. The van der Waals surface area contributed by atoms with Crippen LogP contribution in [0.5, 0.6) is 5.75 Å². The molecule has 1 saturated heterocycles. The van der Waals surface area contributed by atoms with Gasteiger partial charge in [0.15, 0.2) is 17.7 Å². The molecule has 3 aliphatic rings. The van der Waals surface area contributed by atoms with E-state index in [1.807, 2.05) is 46.4 Å². The number of amides is 1. The molecule has 0 saturated carbocycles. The third-order valence-electron chi connectivity index (χ3n) is 8.83. The molecule has 41 heavy (non-hydrogen) atoms. The number of fused-ring (bicyclic) bond motifs is 2. The summed E-state index contributed by atoms with van der Waals surface area (Å²) in [5.74, 6) is -0.836. The number of rotatable bonds is 6. The highest BCUT2D eigenvalue weighted by molar-refractivity contribution is 5.88. The molecule has 2 aromatic rings. The lowest BCUT2D eigenvalue weighted by atomic mass is 9.78. The van der Waals surface area contributed by atoms with Gasteiger partial charge >= 0.3 is 5.97 Å². The van der Waals surface area contributed by atoms with Crippen molar-refractivity contribution in [3.63, 3.8) is 0 Å². The Labute approximate surface area is 242 Å². The second-order valence-corrected chi connectivity index (χ2v) is 12.7. The normalized spacial score (nSPS) is 18.5. The molecular weight excluding hydrogens is 525 g/mol. The van der Waals surface area contributed by atoms with Gasteiger partial charge in [0.05, 0.1) is 18.6 Å². The average molecular weight is 568 g/mol. The molecule has 7 nitrogen and oxygen atoms in total. The van der Waals surface area contributed by atoms with E-state index in [0.29, 0.717) is 67.7 Å². The van der Waals surface area contributed by atoms with Gasteiger partial charge in [-0.15, -0.1) is 0 Å². The summed E-state index contributed by atoms with van der Waals surface area (Å²) < 4.78 is 33.0. The highest BCUT2D eigenvalue weighted by Gasteiger charge is 2.37. The van der Waals surface area contributed by atoms with Crippen molar-refractivity contribution in [3.8, 4) is 16.9 Å². The summed E-state index contributed by atoms with van der Waals surface area (Å²) in [7, 11) is 0. The molecule has 0 aromatic heterocycles. The Morgan fingerprint density at radius 1 is 1.10 bits per heavy atom. The number of carbonyl (C=O) groups excluding carboxylic acids is 1. The minimum atomic E-state index is -1.29. The summed E-state index contributed by atoms with van der Waals surface area (Å²) in [6, 6.07) is 1.49. The summed E-state index contributed by atoms with van der Waals surface area (Å²) in [4.78, 5) is 28.2. The van der Waals surface area contributed by atoms with Crippen LogP contribution >= 0.6 is 0 Å². The van der Waals surface area contributed by atoms with Crippen LogP contribution in [-0.4, -0.2) is 53.8 Å². The first-order valence-electron chi connectivity index (χ1n) is 14.7. The van der Waals surface area contributed by atoms with Crippen molar-refractivity contribution < 1.29 is 33.3 Å². The van der Waals surface area contributed by atoms with Crippen molar-refractivity contribution in [1.82, 2.24) is 4.90 Å². The Bertz CT molecular complexity index is 1370. The number of hydrogen-bond donors (Lipinski definition) is 1. The Morgan fingerprint density at radius 3 is 2.46 bits per heavy atom. The lowest BCUT2D eigenvalue weighted by molar-refractivity contribution is -0.160. The van der Waals surface area contributed by atoms with Gasteiger partial charge < -0.3 is 24.2 Å². The van der Waals surface area contributed by atoms with Gasteiger partial charge in [0, 0.05) is 37.4 Å². The van der Waals surface area contributed by atoms with Gasteiger partial charge in [0.1, 0.15) is 0 Å². The van der Waals surface area contributed by atoms with E-state index < -0.39 is 23.5 Å². The van der Waals surface area contributed by atoms with Crippen LogP contribution < -0.4 is 4.74 Å². The largest absolute Gasteiger partial charge is 0.490 e. The number of hydrogen-bond acceptors (Lipinski definition) is 5. The first-order valence-corrected chi connectivity index (χ1v) is 14.7. The Kier molecular flexibility index (Phi) is 8.18. The molecule has 0 spiro atoms. The second-order valence-electron chi connectivity index (χ2n) is 12.7. The summed E-state index contributed by atoms with van der Waals surface area (Å²) in [5.41, 5.74) is 6.26. The predicted molar refractivity (Wildman–Crippen MR) is 154 cm³/mol. The summed E-state index contributed by atoms with van der Waals surface area (Å²) in [6.45, 7) is 14.3.